The van der Waals surface area contributed by atoms with E-state index in [9.17, 15) is 9.18 Å². The summed E-state index contributed by atoms with van der Waals surface area (Å²) in [5.74, 6) is 0.101. The maximum absolute atomic E-state index is 13.4. The van der Waals surface area contributed by atoms with Crippen molar-refractivity contribution in [2.45, 2.75) is 12.8 Å². The Morgan fingerprint density at radius 3 is 3.00 bits per heavy atom. The van der Waals surface area contributed by atoms with Crippen LogP contribution in [0.1, 0.15) is 12.8 Å². The summed E-state index contributed by atoms with van der Waals surface area (Å²) in [5, 5.41) is 4.21. The van der Waals surface area contributed by atoms with Crippen LogP contribution < -0.4 is 15.0 Å². The van der Waals surface area contributed by atoms with Gasteiger partial charge in [0.05, 0.1) is 28.3 Å². The molecule has 2 heterocycles. The minimum Gasteiger partial charge on any atom is -0.495 e. The number of piperidine rings is 1. The summed E-state index contributed by atoms with van der Waals surface area (Å²) in [7, 11) is 1.55. The number of hydrogen-bond acceptors (Lipinski definition) is 5. The molecule has 1 aromatic heterocycles. The SMILES string of the molecule is COc1ccc(NC(=O)C2CCCN(c3nc4ccc(F)cc4s3)C2)cc1Cl. The van der Waals surface area contributed by atoms with E-state index >= 15 is 0 Å². The van der Waals surface area contributed by atoms with Gasteiger partial charge in [0.2, 0.25) is 5.91 Å². The Bertz CT molecular complexity index is 1030. The highest BCUT2D eigenvalue weighted by Crippen LogP contribution is 2.33. The molecule has 0 aliphatic carbocycles. The third-order valence-corrected chi connectivity index (χ3v) is 6.20. The Morgan fingerprint density at radius 1 is 1.36 bits per heavy atom. The molecule has 4 rings (SSSR count). The van der Waals surface area contributed by atoms with Crippen molar-refractivity contribution in [1.82, 2.24) is 4.98 Å². The summed E-state index contributed by atoms with van der Waals surface area (Å²) in [6.07, 6.45) is 1.71. The summed E-state index contributed by atoms with van der Waals surface area (Å²) in [6.45, 7) is 1.42. The van der Waals surface area contributed by atoms with Crippen molar-refractivity contribution >= 4 is 49.9 Å². The summed E-state index contributed by atoms with van der Waals surface area (Å²) < 4.78 is 19.4. The topological polar surface area (TPSA) is 54.5 Å². The molecular formula is C20H19ClFN3O2S. The smallest absolute Gasteiger partial charge is 0.229 e. The zero-order valence-corrected chi connectivity index (χ0v) is 16.8. The molecule has 0 radical (unpaired) electrons. The van der Waals surface area contributed by atoms with E-state index in [4.69, 9.17) is 16.3 Å². The number of aromatic nitrogens is 1. The molecule has 146 valence electrons. The molecule has 0 spiro atoms. The molecule has 2 aromatic carbocycles. The molecule has 1 saturated heterocycles. The Kier molecular flexibility index (Phi) is 5.37. The van der Waals surface area contributed by atoms with Gasteiger partial charge in [-0.3, -0.25) is 4.79 Å². The molecule has 8 heteroatoms. The van der Waals surface area contributed by atoms with Gasteiger partial charge in [-0.15, -0.1) is 0 Å². The number of methoxy groups -OCH3 is 1. The molecular weight excluding hydrogens is 401 g/mol. The molecule has 0 bridgehead atoms. The number of rotatable bonds is 4. The maximum Gasteiger partial charge on any atom is 0.229 e. The summed E-state index contributed by atoms with van der Waals surface area (Å²) in [5.41, 5.74) is 1.42. The third-order valence-electron chi connectivity index (χ3n) is 4.82. The lowest BCUT2D eigenvalue weighted by atomic mass is 9.97. The lowest BCUT2D eigenvalue weighted by Crippen LogP contribution is -2.40. The fourth-order valence-electron chi connectivity index (χ4n) is 3.37. The molecule has 5 nitrogen and oxygen atoms in total. The van der Waals surface area contributed by atoms with Crippen LogP contribution in [0.2, 0.25) is 5.02 Å². The fourth-order valence-corrected chi connectivity index (χ4v) is 4.66. The van der Waals surface area contributed by atoms with Gasteiger partial charge < -0.3 is 15.0 Å². The number of nitrogens with one attached hydrogen (secondary N) is 1. The second-order valence-electron chi connectivity index (χ2n) is 6.73. The second-order valence-corrected chi connectivity index (χ2v) is 8.15. The van der Waals surface area contributed by atoms with Gasteiger partial charge in [0.1, 0.15) is 11.6 Å². The van der Waals surface area contributed by atoms with E-state index in [1.54, 1.807) is 31.4 Å². The van der Waals surface area contributed by atoms with Crippen LogP contribution in [0.15, 0.2) is 36.4 Å². The highest BCUT2D eigenvalue weighted by molar-refractivity contribution is 7.22. The molecule has 1 aliphatic rings. The van der Waals surface area contributed by atoms with Crippen LogP contribution in [0.25, 0.3) is 10.2 Å². The Morgan fingerprint density at radius 2 is 2.21 bits per heavy atom. The highest BCUT2D eigenvalue weighted by atomic mass is 35.5. The zero-order valence-electron chi connectivity index (χ0n) is 15.2. The summed E-state index contributed by atoms with van der Waals surface area (Å²) in [4.78, 5) is 19.5. The van der Waals surface area contributed by atoms with E-state index < -0.39 is 0 Å². The van der Waals surface area contributed by atoms with Gasteiger partial charge in [-0.05, 0) is 49.2 Å². The molecule has 1 fully saturated rings. The number of anilines is 2. The average Bonchev–Trinajstić information content (AvgIpc) is 3.11. The van der Waals surface area contributed by atoms with Crippen LogP contribution in [0.4, 0.5) is 15.2 Å². The zero-order chi connectivity index (χ0) is 19.7. The Hall–Kier alpha value is -2.38. The molecule has 1 unspecified atom stereocenters. The monoisotopic (exact) mass is 419 g/mol. The number of nitrogens with zero attached hydrogens (tertiary/aromatic N) is 2. The van der Waals surface area contributed by atoms with E-state index in [0.29, 0.717) is 23.0 Å². The number of hydrogen-bond donors (Lipinski definition) is 1. The number of amides is 1. The van der Waals surface area contributed by atoms with E-state index in [1.807, 2.05) is 0 Å². The molecule has 1 atom stereocenters. The predicted octanol–water partition coefficient (Wildman–Crippen LogP) is 4.95. The van der Waals surface area contributed by atoms with Crippen LogP contribution in [0.5, 0.6) is 5.75 Å². The van der Waals surface area contributed by atoms with E-state index in [-0.39, 0.29) is 17.6 Å². The fraction of sp³-hybridized carbons (Fsp3) is 0.300. The van der Waals surface area contributed by atoms with Crippen LogP contribution in [-0.2, 0) is 4.79 Å². The Balaban J connectivity index is 1.46. The van der Waals surface area contributed by atoms with Crippen molar-refractivity contribution in [3.8, 4) is 5.75 Å². The molecule has 1 aliphatic heterocycles. The molecule has 1 amide bonds. The number of benzene rings is 2. The lowest BCUT2D eigenvalue weighted by Gasteiger charge is -2.31. The van der Waals surface area contributed by atoms with Crippen LogP contribution in [0.3, 0.4) is 0 Å². The molecule has 0 saturated carbocycles. The van der Waals surface area contributed by atoms with Crippen molar-refractivity contribution in [2.24, 2.45) is 5.92 Å². The largest absolute Gasteiger partial charge is 0.495 e. The number of carbonyl (C=O) groups is 1. The van der Waals surface area contributed by atoms with E-state index in [0.717, 1.165) is 34.7 Å². The van der Waals surface area contributed by atoms with Crippen molar-refractivity contribution in [1.29, 1.82) is 0 Å². The number of fused-ring (bicyclic) bond motifs is 1. The minimum absolute atomic E-state index is 0.0434. The van der Waals surface area contributed by atoms with Crippen molar-refractivity contribution < 1.29 is 13.9 Å². The van der Waals surface area contributed by atoms with Crippen molar-refractivity contribution in [3.63, 3.8) is 0 Å². The van der Waals surface area contributed by atoms with E-state index in [2.05, 4.69) is 15.2 Å². The number of ether oxygens (including phenoxy) is 1. The highest BCUT2D eigenvalue weighted by Gasteiger charge is 2.27. The van der Waals surface area contributed by atoms with Gasteiger partial charge in [-0.25, -0.2) is 9.37 Å². The van der Waals surface area contributed by atoms with Crippen LogP contribution in [0, 0.1) is 11.7 Å². The first kappa shape index (κ1) is 19.0. The van der Waals surface area contributed by atoms with Gasteiger partial charge in [0.15, 0.2) is 5.13 Å². The van der Waals surface area contributed by atoms with Gasteiger partial charge in [0.25, 0.3) is 0 Å². The van der Waals surface area contributed by atoms with Crippen molar-refractivity contribution in [3.05, 3.63) is 47.2 Å². The predicted molar refractivity (Wildman–Crippen MR) is 111 cm³/mol. The number of carbonyl (C=O) groups excluding carboxylic acids is 1. The summed E-state index contributed by atoms with van der Waals surface area (Å²) in [6, 6.07) is 9.78. The molecule has 3 aromatic rings. The standard InChI is InChI=1S/C20H19ClFN3O2S/c1-27-17-7-5-14(10-15(17)21)23-19(26)12-3-2-8-25(11-12)20-24-16-6-4-13(22)9-18(16)28-20/h4-7,9-10,12H,2-3,8,11H2,1H3,(H,23,26). The normalized spacial score (nSPS) is 17.0. The van der Waals surface area contributed by atoms with Gasteiger partial charge in [0, 0.05) is 18.8 Å². The lowest BCUT2D eigenvalue weighted by molar-refractivity contribution is -0.120. The number of halogens is 2. The third kappa shape index (κ3) is 3.91. The first-order valence-electron chi connectivity index (χ1n) is 8.99. The first-order valence-corrected chi connectivity index (χ1v) is 10.2. The van der Waals surface area contributed by atoms with Gasteiger partial charge in [-0.2, -0.15) is 0 Å². The van der Waals surface area contributed by atoms with Gasteiger partial charge in [-0.1, -0.05) is 22.9 Å². The second kappa shape index (κ2) is 7.93. The van der Waals surface area contributed by atoms with Crippen LogP contribution >= 0.6 is 22.9 Å². The maximum atomic E-state index is 13.4. The van der Waals surface area contributed by atoms with E-state index in [1.165, 1.54) is 23.5 Å². The molecule has 28 heavy (non-hydrogen) atoms. The van der Waals surface area contributed by atoms with Gasteiger partial charge >= 0.3 is 0 Å². The summed E-state index contributed by atoms with van der Waals surface area (Å²) >= 11 is 7.59. The number of thiazole rings is 1. The first-order chi connectivity index (χ1) is 13.5. The van der Waals surface area contributed by atoms with Crippen molar-refractivity contribution in [2.75, 3.05) is 30.4 Å². The average molecular weight is 420 g/mol. The minimum atomic E-state index is -0.267. The van der Waals surface area contributed by atoms with Crippen LogP contribution in [-0.4, -0.2) is 31.1 Å². The Labute approximate surface area is 171 Å². The molecule has 1 N–H and O–H groups in total. The quantitative estimate of drug-likeness (QED) is 0.649.